The van der Waals surface area contributed by atoms with E-state index >= 15 is 0 Å². The lowest BCUT2D eigenvalue weighted by Gasteiger charge is -2.16. The summed E-state index contributed by atoms with van der Waals surface area (Å²) in [6.07, 6.45) is 5.95. The lowest BCUT2D eigenvalue weighted by Crippen LogP contribution is -2.17. The van der Waals surface area contributed by atoms with Crippen LogP contribution < -0.4 is 4.72 Å². The SMILES string of the molecule is CCCC(CC)c1[nH]nc(-c2ccccn2)c1S(=O)(=O)Nc1cccc2cnn(C)c12. The summed E-state index contributed by atoms with van der Waals surface area (Å²) >= 11 is 0. The second-order valence-corrected chi connectivity index (χ2v) is 9.16. The van der Waals surface area contributed by atoms with Crippen molar-refractivity contribution in [3.63, 3.8) is 0 Å². The van der Waals surface area contributed by atoms with E-state index < -0.39 is 10.0 Å². The van der Waals surface area contributed by atoms with Gasteiger partial charge in [-0.2, -0.15) is 10.2 Å². The number of hydrogen-bond acceptors (Lipinski definition) is 5. The van der Waals surface area contributed by atoms with Crippen LogP contribution in [0.4, 0.5) is 5.69 Å². The highest BCUT2D eigenvalue weighted by molar-refractivity contribution is 7.93. The van der Waals surface area contributed by atoms with Gasteiger partial charge in [-0.05, 0) is 31.0 Å². The van der Waals surface area contributed by atoms with Crippen molar-refractivity contribution in [2.75, 3.05) is 4.72 Å². The minimum absolute atomic E-state index is 0.0500. The molecule has 0 aliphatic heterocycles. The van der Waals surface area contributed by atoms with E-state index in [1.54, 1.807) is 42.3 Å². The van der Waals surface area contributed by atoms with Gasteiger partial charge >= 0.3 is 0 Å². The Morgan fingerprint density at radius 2 is 2.00 bits per heavy atom. The van der Waals surface area contributed by atoms with E-state index in [0.29, 0.717) is 22.8 Å². The maximum atomic E-state index is 13.8. The summed E-state index contributed by atoms with van der Waals surface area (Å²) in [5.41, 5.74) is 2.65. The van der Waals surface area contributed by atoms with Crippen LogP contribution in [-0.2, 0) is 17.1 Å². The summed E-state index contributed by atoms with van der Waals surface area (Å²) in [5, 5.41) is 12.5. The van der Waals surface area contributed by atoms with Crippen LogP contribution in [0.3, 0.4) is 0 Å². The van der Waals surface area contributed by atoms with Gasteiger partial charge in [-0.25, -0.2) is 8.42 Å². The van der Waals surface area contributed by atoms with E-state index in [-0.39, 0.29) is 10.8 Å². The van der Waals surface area contributed by atoms with Gasteiger partial charge in [-0.15, -0.1) is 0 Å². The first-order valence-corrected chi connectivity index (χ1v) is 11.9. The molecule has 31 heavy (non-hydrogen) atoms. The Morgan fingerprint density at radius 1 is 1.16 bits per heavy atom. The third kappa shape index (κ3) is 3.93. The van der Waals surface area contributed by atoms with Crippen LogP contribution >= 0.6 is 0 Å². The first-order chi connectivity index (χ1) is 15.0. The third-order valence-electron chi connectivity index (χ3n) is 5.47. The number of aryl methyl sites for hydroxylation is 1. The molecule has 1 aromatic carbocycles. The minimum Gasteiger partial charge on any atom is -0.280 e. The van der Waals surface area contributed by atoms with Gasteiger partial charge in [-0.1, -0.05) is 38.5 Å². The normalized spacial score (nSPS) is 12.9. The summed E-state index contributed by atoms with van der Waals surface area (Å²) in [6.45, 7) is 4.15. The number of pyridine rings is 1. The van der Waals surface area contributed by atoms with E-state index in [0.717, 1.165) is 30.2 Å². The summed E-state index contributed by atoms with van der Waals surface area (Å²) in [4.78, 5) is 4.50. The zero-order valence-electron chi connectivity index (χ0n) is 17.8. The number of aromatic amines is 1. The zero-order valence-corrected chi connectivity index (χ0v) is 18.6. The Labute approximate surface area is 181 Å². The Balaban J connectivity index is 1.88. The lowest BCUT2D eigenvalue weighted by atomic mass is 9.96. The maximum Gasteiger partial charge on any atom is 0.266 e. The maximum absolute atomic E-state index is 13.8. The molecular weight excluding hydrogens is 412 g/mol. The van der Waals surface area contributed by atoms with Crippen LogP contribution in [0.5, 0.6) is 0 Å². The molecule has 0 saturated heterocycles. The Bertz CT molecular complexity index is 1290. The number of hydrogen-bond donors (Lipinski definition) is 2. The van der Waals surface area contributed by atoms with Crippen LogP contribution in [0.1, 0.15) is 44.7 Å². The average molecular weight is 439 g/mol. The number of fused-ring (bicyclic) bond motifs is 1. The second kappa shape index (κ2) is 8.50. The number of nitrogens with one attached hydrogen (secondary N) is 2. The standard InChI is InChI=1S/C22H26N6O2S/c1-4-9-15(5-2)19-22(20(26-25-19)17-11-6-7-13-23-17)31(29,30)27-18-12-8-10-16-14-24-28(3)21(16)18/h6-8,10-15,27H,4-5,9H2,1-3H3,(H,25,26). The van der Waals surface area contributed by atoms with E-state index in [1.165, 1.54) is 0 Å². The molecule has 1 unspecified atom stereocenters. The van der Waals surface area contributed by atoms with Gasteiger partial charge in [0, 0.05) is 24.5 Å². The van der Waals surface area contributed by atoms with E-state index in [4.69, 9.17) is 0 Å². The molecule has 1 atom stereocenters. The molecule has 8 nitrogen and oxygen atoms in total. The van der Waals surface area contributed by atoms with Gasteiger partial charge in [0.25, 0.3) is 10.0 Å². The number of aromatic nitrogens is 5. The van der Waals surface area contributed by atoms with Gasteiger partial charge in [0.1, 0.15) is 10.6 Å². The smallest absolute Gasteiger partial charge is 0.266 e. The molecule has 4 aromatic rings. The van der Waals surface area contributed by atoms with Crippen LogP contribution in [0, 0.1) is 0 Å². The molecule has 3 aromatic heterocycles. The largest absolute Gasteiger partial charge is 0.280 e. The molecule has 0 radical (unpaired) electrons. The summed E-state index contributed by atoms with van der Waals surface area (Å²) < 4.78 is 31.9. The predicted octanol–water partition coefficient (Wildman–Crippen LogP) is 4.45. The van der Waals surface area contributed by atoms with Gasteiger partial charge in [0.15, 0.2) is 0 Å². The van der Waals surface area contributed by atoms with Crippen molar-refractivity contribution in [3.8, 4) is 11.4 Å². The van der Waals surface area contributed by atoms with Gasteiger partial charge in [0.2, 0.25) is 0 Å². The number of rotatable bonds is 8. The Kier molecular flexibility index (Phi) is 5.77. The number of para-hydroxylation sites is 1. The predicted molar refractivity (Wildman–Crippen MR) is 121 cm³/mol. The van der Waals surface area contributed by atoms with Gasteiger partial charge < -0.3 is 0 Å². The van der Waals surface area contributed by atoms with Crippen LogP contribution in [0.2, 0.25) is 0 Å². The fourth-order valence-electron chi connectivity index (χ4n) is 3.98. The molecule has 0 bridgehead atoms. The number of nitrogens with zero attached hydrogens (tertiary/aromatic N) is 4. The summed E-state index contributed by atoms with van der Waals surface area (Å²) in [7, 11) is -2.18. The number of H-pyrrole nitrogens is 1. The van der Waals surface area contributed by atoms with Crippen LogP contribution in [-0.4, -0.2) is 33.4 Å². The second-order valence-electron chi connectivity index (χ2n) is 7.54. The lowest BCUT2D eigenvalue weighted by molar-refractivity contribution is 0.563. The quantitative estimate of drug-likeness (QED) is 0.423. The van der Waals surface area contributed by atoms with E-state index in [1.807, 2.05) is 18.2 Å². The van der Waals surface area contributed by atoms with Crippen molar-refractivity contribution in [3.05, 3.63) is 54.5 Å². The monoisotopic (exact) mass is 438 g/mol. The molecule has 4 rings (SSSR count). The zero-order chi connectivity index (χ0) is 22.0. The van der Waals surface area contributed by atoms with E-state index in [2.05, 4.69) is 38.8 Å². The average Bonchev–Trinajstić information content (AvgIpc) is 3.38. The number of sulfonamides is 1. The van der Waals surface area contributed by atoms with Gasteiger partial charge in [0.05, 0.1) is 28.8 Å². The molecule has 0 amide bonds. The van der Waals surface area contributed by atoms with Crippen molar-refractivity contribution in [1.82, 2.24) is 25.0 Å². The van der Waals surface area contributed by atoms with Crippen LogP contribution in [0.15, 0.2) is 53.7 Å². The Hall–Kier alpha value is -3.20. The molecular formula is C22H26N6O2S. The Morgan fingerprint density at radius 3 is 2.71 bits per heavy atom. The topological polar surface area (TPSA) is 106 Å². The van der Waals surface area contributed by atoms with Crippen LogP contribution in [0.25, 0.3) is 22.3 Å². The van der Waals surface area contributed by atoms with Crippen molar-refractivity contribution in [2.24, 2.45) is 7.05 Å². The highest BCUT2D eigenvalue weighted by atomic mass is 32.2. The van der Waals surface area contributed by atoms with Crippen molar-refractivity contribution in [1.29, 1.82) is 0 Å². The molecule has 162 valence electrons. The highest BCUT2D eigenvalue weighted by Gasteiger charge is 2.31. The fourth-order valence-corrected chi connectivity index (χ4v) is 5.45. The molecule has 0 spiro atoms. The molecule has 0 fully saturated rings. The minimum atomic E-state index is -3.96. The van der Waals surface area contributed by atoms with Crippen molar-refractivity contribution in [2.45, 2.75) is 43.9 Å². The summed E-state index contributed by atoms with van der Waals surface area (Å²) in [5.74, 6) is 0.0500. The molecule has 0 aliphatic rings. The molecule has 2 N–H and O–H groups in total. The fraction of sp³-hybridized carbons (Fsp3) is 0.318. The number of anilines is 1. The molecule has 9 heteroatoms. The molecule has 0 aliphatic carbocycles. The highest BCUT2D eigenvalue weighted by Crippen LogP contribution is 2.36. The molecule has 3 heterocycles. The van der Waals surface area contributed by atoms with Gasteiger partial charge in [-0.3, -0.25) is 19.5 Å². The third-order valence-corrected chi connectivity index (χ3v) is 6.91. The van der Waals surface area contributed by atoms with Crippen molar-refractivity contribution < 1.29 is 8.42 Å². The van der Waals surface area contributed by atoms with E-state index in [9.17, 15) is 8.42 Å². The summed E-state index contributed by atoms with van der Waals surface area (Å²) in [6, 6.07) is 10.8. The first kappa shape index (κ1) is 21.0. The van der Waals surface area contributed by atoms with Crippen molar-refractivity contribution >= 4 is 26.6 Å². The molecule has 0 saturated carbocycles. The first-order valence-electron chi connectivity index (χ1n) is 10.4. The number of benzene rings is 1.